The summed E-state index contributed by atoms with van der Waals surface area (Å²) in [7, 11) is 0. The van der Waals surface area contributed by atoms with E-state index in [2.05, 4.69) is 45.4 Å². The molecule has 0 fully saturated rings. The molecular formula is C28H30F3N5O2. The van der Waals surface area contributed by atoms with Crippen molar-refractivity contribution in [2.45, 2.75) is 45.3 Å². The summed E-state index contributed by atoms with van der Waals surface area (Å²) in [6.45, 7) is 4.87. The van der Waals surface area contributed by atoms with E-state index in [-0.39, 0.29) is 5.75 Å². The number of aliphatic hydroxyl groups excluding tert-OH is 1. The number of nitrogens with one attached hydrogen (secondary N) is 2. The number of ether oxygens (including phenoxy) is 1. The van der Waals surface area contributed by atoms with Crippen LogP contribution in [0, 0.1) is 0 Å². The lowest BCUT2D eigenvalue weighted by molar-refractivity contribution is -0.274. The molecule has 0 aliphatic rings. The standard InChI is InChI=1S/C28H30F3N5O2/c1-19(2)24-7-3-4-8-25(24)34-27(37)32-17-5-6-20-9-11-21(12-10-20)26-33-18-36(35-26)22-13-15-23(16-14-22)38-28(29,30)31/h3-4,7-16,18-19,27,32,34,37H,5-6,17H2,1-2H3. The Morgan fingerprint density at radius 2 is 1.68 bits per heavy atom. The maximum absolute atomic E-state index is 12.3. The number of alkyl halides is 3. The highest BCUT2D eigenvalue weighted by atomic mass is 19.4. The summed E-state index contributed by atoms with van der Waals surface area (Å²) < 4.78 is 42.4. The van der Waals surface area contributed by atoms with E-state index in [1.54, 1.807) is 0 Å². The number of aliphatic hydroxyl groups is 1. The summed E-state index contributed by atoms with van der Waals surface area (Å²) in [6, 6.07) is 21.2. The molecule has 4 aromatic rings. The molecule has 7 nitrogen and oxygen atoms in total. The number of hydrogen-bond donors (Lipinski definition) is 3. The number of hydrogen-bond acceptors (Lipinski definition) is 6. The van der Waals surface area contributed by atoms with Crippen LogP contribution < -0.4 is 15.4 Å². The van der Waals surface area contributed by atoms with Crippen molar-refractivity contribution in [3.05, 3.63) is 90.3 Å². The molecule has 0 radical (unpaired) electrons. The summed E-state index contributed by atoms with van der Waals surface area (Å²) in [5.41, 5.74) is 4.60. The van der Waals surface area contributed by atoms with E-state index in [1.807, 2.05) is 42.5 Å². The Morgan fingerprint density at radius 3 is 2.37 bits per heavy atom. The number of para-hydroxylation sites is 1. The SMILES string of the molecule is CC(C)c1ccccc1NC(O)NCCCc1ccc(-c2ncn(-c3ccc(OC(F)(F)F)cc3)n2)cc1. The van der Waals surface area contributed by atoms with Crippen molar-refractivity contribution in [2.24, 2.45) is 0 Å². The molecule has 4 rings (SSSR count). The molecule has 0 spiro atoms. The van der Waals surface area contributed by atoms with Gasteiger partial charge in [0.25, 0.3) is 0 Å². The number of halogens is 3. The van der Waals surface area contributed by atoms with E-state index in [0.717, 1.165) is 35.2 Å². The van der Waals surface area contributed by atoms with Gasteiger partial charge in [0.05, 0.1) is 5.69 Å². The van der Waals surface area contributed by atoms with Gasteiger partial charge >= 0.3 is 6.36 Å². The Labute approximate surface area is 219 Å². The predicted molar refractivity (Wildman–Crippen MR) is 140 cm³/mol. The Kier molecular flexibility index (Phi) is 8.65. The van der Waals surface area contributed by atoms with Crippen molar-refractivity contribution in [3.8, 4) is 22.8 Å². The molecule has 0 saturated carbocycles. The Balaban J connectivity index is 1.25. The van der Waals surface area contributed by atoms with Gasteiger partial charge in [0.15, 0.2) is 12.2 Å². The van der Waals surface area contributed by atoms with Crippen molar-refractivity contribution in [1.29, 1.82) is 0 Å². The molecular weight excluding hydrogens is 495 g/mol. The first-order chi connectivity index (χ1) is 18.2. The van der Waals surface area contributed by atoms with E-state index in [4.69, 9.17) is 0 Å². The van der Waals surface area contributed by atoms with Crippen molar-refractivity contribution >= 4 is 5.69 Å². The maximum atomic E-state index is 12.3. The van der Waals surface area contributed by atoms with Gasteiger partial charge in [0, 0.05) is 11.3 Å². The van der Waals surface area contributed by atoms with Crippen LogP contribution in [-0.2, 0) is 6.42 Å². The third-order valence-electron chi connectivity index (χ3n) is 5.89. The molecule has 3 N–H and O–H groups in total. The van der Waals surface area contributed by atoms with Crippen molar-refractivity contribution < 1.29 is 23.0 Å². The van der Waals surface area contributed by atoms with Crippen LogP contribution in [0.4, 0.5) is 18.9 Å². The second kappa shape index (κ2) is 12.1. The van der Waals surface area contributed by atoms with Crippen LogP contribution in [0.2, 0.25) is 0 Å². The zero-order chi connectivity index (χ0) is 27.1. The quantitative estimate of drug-likeness (QED) is 0.168. The third-order valence-corrected chi connectivity index (χ3v) is 5.89. The summed E-state index contributed by atoms with van der Waals surface area (Å²) in [6.07, 6.45) is -2.40. The number of anilines is 1. The molecule has 38 heavy (non-hydrogen) atoms. The van der Waals surface area contributed by atoms with Gasteiger partial charge in [0.2, 0.25) is 0 Å². The van der Waals surface area contributed by atoms with Crippen molar-refractivity contribution in [3.63, 3.8) is 0 Å². The fourth-order valence-corrected chi connectivity index (χ4v) is 4.00. The van der Waals surface area contributed by atoms with Crippen molar-refractivity contribution in [2.75, 3.05) is 11.9 Å². The zero-order valence-electron chi connectivity index (χ0n) is 21.1. The van der Waals surface area contributed by atoms with Gasteiger partial charge in [-0.2, -0.15) is 0 Å². The first kappa shape index (κ1) is 27.2. The first-order valence-electron chi connectivity index (χ1n) is 12.3. The molecule has 0 amide bonds. The average molecular weight is 526 g/mol. The van der Waals surface area contributed by atoms with Gasteiger partial charge in [-0.05, 0) is 66.8 Å². The van der Waals surface area contributed by atoms with E-state index >= 15 is 0 Å². The van der Waals surface area contributed by atoms with Crippen LogP contribution in [-0.4, -0.2) is 39.1 Å². The molecule has 1 atom stereocenters. The van der Waals surface area contributed by atoms with Crippen LogP contribution in [0.3, 0.4) is 0 Å². The molecule has 200 valence electrons. The van der Waals surface area contributed by atoms with E-state index in [1.165, 1.54) is 35.3 Å². The second-order valence-corrected chi connectivity index (χ2v) is 9.10. The van der Waals surface area contributed by atoms with Gasteiger partial charge in [-0.15, -0.1) is 18.3 Å². The summed E-state index contributed by atoms with van der Waals surface area (Å²) >= 11 is 0. The maximum Gasteiger partial charge on any atom is 0.573 e. The highest BCUT2D eigenvalue weighted by Crippen LogP contribution is 2.25. The van der Waals surface area contributed by atoms with Gasteiger partial charge in [0.1, 0.15) is 12.1 Å². The lowest BCUT2D eigenvalue weighted by Gasteiger charge is -2.19. The fourth-order valence-electron chi connectivity index (χ4n) is 4.00. The molecule has 1 heterocycles. The largest absolute Gasteiger partial charge is 0.573 e. The molecule has 1 unspecified atom stereocenters. The summed E-state index contributed by atoms with van der Waals surface area (Å²) in [4.78, 5) is 4.32. The fraction of sp³-hybridized carbons (Fsp3) is 0.286. The summed E-state index contributed by atoms with van der Waals surface area (Å²) in [5, 5.41) is 21.0. The highest BCUT2D eigenvalue weighted by Gasteiger charge is 2.31. The van der Waals surface area contributed by atoms with Gasteiger partial charge in [-0.3, -0.25) is 5.32 Å². The highest BCUT2D eigenvalue weighted by molar-refractivity contribution is 5.55. The Hall–Kier alpha value is -3.89. The van der Waals surface area contributed by atoms with E-state index < -0.39 is 12.7 Å². The molecule has 0 saturated heterocycles. The topological polar surface area (TPSA) is 84.2 Å². The lowest BCUT2D eigenvalue weighted by atomic mass is 10.0. The Bertz CT molecular complexity index is 1310. The normalized spacial score (nSPS) is 12.5. The number of aryl methyl sites for hydroxylation is 1. The zero-order valence-corrected chi connectivity index (χ0v) is 21.1. The minimum atomic E-state index is -4.73. The van der Waals surface area contributed by atoms with Crippen molar-refractivity contribution in [1.82, 2.24) is 20.1 Å². The molecule has 3 aromatic carbocycles. The number of rotatable bonds is 11. The summed E-state index contributed by atoms with van der Waals surface area (Å²) in [5.74, 6) is 0.561. The van der Waals surface area contributed by atoms with Crippen LogP contribution in [0.15, 0.2) is 79.1 Å². The van der Waals surface area contributed by atoms with E-state index in [9.17, 15) is 18.3 Å². The minimum Gasteiger partial charge on any atom is -0.406 e. The molecule has 1 aromatic heterocycles. The van der Waals surface area contributed by atoms with Gasteiger partial charge in [-0.1, -0.05) is 56.3 Å². The monoisotopic (exact) mass is 525 g/mol. The number of nitrogens with zero attached hydrogens (tertiary/aromatic N) is 3. The smallest absolute Gasteiger partial charge is 0.406 e. The average Bonchev–Trinajstić information content (AvgIpc) is 3.37. The second-order valence-electron chi connectivity index (χ2n) is 9.10. The van der Waals surface area contributed by atoms with Crippen LogP contribution in [0.25, 0.3) is 17.1 Å². The predicted octanol–water partition coefficient (Wildman–Crippen LogP) is 5.87. The van der Waals surface area contributed by atoms with Crippen LogP contribution >= 0.6 is 0 Å². The molecule has 0 bridgehead atoms. The van der Waals surface area contributed by atoms with Crippen LogP contribution in [0.5, 0.6) is 5.75 Å². The lowest BCUT2D eigenvalue weighted by Crippen LogP contribution is -2.37. The van der Waals surface area contributed by atoms with E-state index in [0.29, 0.717) is 24.0 Å². The minimum absolute atomic E-state index is 0.297. The first-order valence-corrected chi connectivity index (χ1v) is 12.3. The molecule has 10 heteroatoms. The number of aromatic nitrogens is 3. The Morgan fingerprint density at radius 1 is 0.974 bits per heavy atom. The third kappa shape index (κ3) is 7.56. The molecule has 0 aliphatic carbocycles. The van der Waals surface area contributed by atoms with Crippen LogP contribution in [0.1, 0.15) is 37.3 Å². The van der Waals surface area contributed by atoms with Gasteiger partial charge in [-0.25, -0.2) is 9.67 Å². The number of benzene rings is 3. The van der Waals surface area contributed by atoms with Gasteiger partial charge < -0.3 is 15.2 Å². The molecule has 0 aliphatic heterocycles.